The molecule has 0 aromatic heterocycles. The van der Waals surface area contributed by atoms with Gasteiger partial charge in [0, 0.05) is 27.4 Å². The highest BCUT2D eigenvalue weighted by Gasteiger charge is 2.18. The first-order chi connectivity index (χ1) is 22.3. The molecule has 46 heavy (non-hydrogen) atoms. The van der Waals surface area contributed by atoms with E-state index >= 15 is 0 Å². The second-order valence-corrected chi connectivity index (χ2v) is 11.7. The maximum atomic E-state index is 13.5. The minimum atomic E-state index is -0.530. The monoisotopic (exact) mass is 631 g/mol. The number of amides is 3. The number of methoxy groups -OCH3 is 2. The molecule has 0 spiro atoms. The molecule has 9 heteroatoms. The SMILES string of the molecule is COc1ccc(OC)c(/C=C(\NC(=O)c2ccccc2)C(=O)Nc2ccc(SC(C)C(=O)Nc3ccc4ccccc4c3)cc2)c1. The Bertz CT molecular complexity index is 1890. The first kappa shape index (κ1) is 31.9. The molecule has 0 saturated heterocycles. The van der Waals surface area contributed by atoms with Gasteiger partial charge < -0.3 is 25.4 Å². The summed E-state index contributed by atoms with van der Waals surface area (Å²) in [5, 5.41) is 10.4. The van der Waals surface area contributed by atoms with E-state index in [1.54, 1.807) is 67.8 Å². The third-order valence-electron chi connectivity index (χ3n) is 7.08. The fourth-order valence-electron chi connectivity index (χ4n) is 4.63. The number of ether oxygens (including phenoxy) is 2. The predicted octanol–water partition coefficient (Wildman–Crippen LogP) is 7.39. The van der Waals surface area contributed by atoms with Crippen LogP contribution in [-0.4, -0.2) is 37.2 Å². The maximum absolute atomic E-state index is 13.5. The molecule has 0 aliphatic carbocycles. The number of rotatable bonds is 11. The molecular formula is C37H33N3O5S. The van der Waals surface area contributed by atoms with Crippen molar-refractivity contribution in [3.63, 3.8) is 0 Å². The Morgan fingerprint density at radius 3 is 2.13 bits per heavy atom. The Hall–Kier alpha value is -5.54. The van der Waals surface area contributed by atoms with E-state index < -0.39 is 11.8 Å². The van der Waals surface area contributed by atoms with Crippen LogP contribution in [-0.2, 0) is 9.59 Å². The highest BCUT2D eigenvalue weighted by molar-refractivity contribution is 8.00. The third-order valence-corrected chi connectivity index (χ3v) is 8.19. The topological polar surface area (TPSA) is 106 Å². The van der Waals surface area contributed by atoms with Gasteiger partial charge in [-0.2, -0.15) is 0 Å². The molecule has 0 bridgehead atoms. The molecule has 1 atom stereocenters. The first-order valence-electron chi connectivity index (χ1n) is 14.5. The van der Waals surface area contributed by atoms with Crippen LogP contribution in [0.5, 0.6) is 11.5 Å². The van der Waals surface area contributed by atoms with Gasteiger partial charge in [0.15, 0.2) is 0 Å². The van der Waals surface area contributed by atoms with Crippen LogP contribution in [0, 0.1) is 0 Å². The summed E-state index contributed by atoms with van der Waals surface area (Å²) < 4.78 is 10.8. The highest BCUT2D eigenvalue weighted by Crippen LogP contribution is 2.28. The molecule has 0 saturated carbocycles. The first-order valence-corrected chi connectivity index (χ1v) is 15.4. The zero-order valence-corrected chi connectivity index (χ0v) is 26.4. The van der Waals surface area contributed by atoms with E-state index in [0.717, 1.165) is 21.4 Å². The smallest absolute Gasteiger partial charge is 0.272 e. The van der Waals surface area contributed by atoms with Crippen molar-refractivity contribution < 1.29 is 23.9 Å². The zero-order chi connectivity index (χ0) is 32.5. The molecule has 5 aromatic rings. The Kier molecular flexibility index (Phi) is 10.4. The largest absolute Gasteiger partial charge is 0.497 e. The van der Waals surface area contributed by atoms with Crippen molar-refractivity contribution in [1.29, 1.82) is 0 Å². The minimum absolute atomic E-state index is 0.0119. The maximum Gasteiger partial charge on any atom is 0.272 e. The van der Waals surface area contributed by atoms with E-state index in [0.29, 0.717) is 28.3 Å². The van der Waals surface area contributed by atoms with E-state index in [9.17, 15) is 14.4 Å². The van der Waals surface area contributed by atoms with Crippen LogP contribution in [0.25, 0.3) is 16.8 Å². The van der Waals surface area contributed by atoms with Crippen LogP contribution in [0.3, 0.4) is 0 Å². The molecule has 232 valence electrons. The number of anilines is 2. The van der Waals surface area contributed by atoms with E-state index in [1.807, 2.05) is 61.5 Å². The molecule has 5 rings (SSSR count). The number of carbonyl (C=O) groups excluding carboxylic acids is 3. The van der Waals surface area contributed by atoms with Crippen molar-refractivity contribution in [2.24, 2.45) is 0 Å². The Morgan fingerprint density at radius 1 is 0.717 bits per heavy atom. The molecule has 0 heterocycles. The second-order valence-electron chi connectivity index (χ2n) is 10.3. The highest BCUT2D eigenvalue weighted by atomic mass is 32.2. The lowest BCUT2D eigenvalue weighted by atomic mass is 10.1. The lowest BCUT2D eigenvalue weighted by molar-refractivity contribution is -0.115. The van der Waals surface area contributed by atoms with Gasteiger partial charge in [-0.25, -0.2) is 0 Å². The van der Waals surface area contributed by atoms with Gasteiger partial charge in [0.2, 0.25) is 5.91 Å². The molecule has 3 N–H and O–H groups in total. The summed E-state index contributed by atoms with van der Waals surface area (Å²) in [5.41, 5.74) is 2.21. The summed E-state index contributed by atoms with van der Waals surface area (Å²) in [6.07, 6.45) is 1.54. The van der Waals surface area contributed by atoms with Crippen molar-refractivity contribution in [2.75, 3.05) is 24.9 Å². The number of thioether (sulfide) groups is 1. The molecule has 1 unspecified atom stereocenters. The van der Waals surface area contributed by atoms with E-state index in [1.165, 1.54) is 24.9 Å². The molecule has 3 amide bonds. The summed E-state index contributed by atoms with van der Waals surface area (Å²) in [6, 6.07) is 34.8. The summed E-state index contributed by atoms with van der Waals surface area (Å²) in [6.45, 7) is 1.84. The lowest BCUT2D eigenvalue weighted by Gasteiger charge is -2.14. The normalized spacial score (nSPS) is 11.8. The molecule has 0 aliphatic rings. The van der Waals surface area contributed by atoms with Gasteiger partial charge in [-0.05, 0) is 90.5 Å². The fraction of sp³-hybridized carbons (Fsp3) is 0.108. The van der Waals surface area contributed by atoms with Gasteiger partial charge in [0.05, 0.1) is 19.5 Å². The Labute approximate surface area is 271 Å². The van der Waals surface area contributed by atoms with E-state index in [2.05, 4.69) is 16.0 Å². The van der Waals surface area contributed by atoms with Crippen LogP contribution in [0.2, 0.25) is 0 Å². The van der Waals surface area contributed by atoms with Crippen LogP contribution in [0.1, 0.15) is 22.8 Å². The lowest BCUT2D eigenvalue weighted by Crippen LogP contribution is -2.30. The average molecular weight is 632 g/mol. The number of hydrogen-bond acceptors (Lipinski definition) is 6. The van der Waals surface area contributed by atoms with Gasteiger partial charge in [0.1, 0.15) is 17.2 Å². The van der Waals surface area contributed by atoms with Gasteiger partial charge in [-0.1, -0.05) is 48.5 Å². The summed E-state index contributed by atoms with van der Waals surface area (Å²) in [4.78, 5) is 40.3. The Balaban J connectivity index is 1.28. The van der Waals surface area contributed by atoms with Crippen molar-refractivity contribution in [3.05, 3.63) is 132 Å². The summed E-state index contributed by atoms with van der Waals surface area (Å²) in [7, 11) is 3.06. The predicted molar refractivity (Wildman–Crippen MR) is 184 cm³/mol. The summed E-state index contributed by atoms with van der Waals surface area (Å²) >= 11 is 1.40. The molecule has 0 fully saturated rings. The molecule has 0 aliphatic heterocycles. The number of fused-ring (bicyclic) bond motifs is 1. The van der Waals surface area contributed by atoms with Crippen LogP contribution in [0.15, 0.2) is 126 Å². The number of benzene rings is 5. The van der Waals surface area contributed by atoms with Crippen LogP contribution >= 0.6 is 11.8 Å². The van der Waals surface area contributed by atoms with E-state index in [-0.39, 0.29) is 16.9 Å². The molecular weight excluding hydrogens is 598 g/mol. The van der Waals surface area contributed by atoms with Crippen LogP contribution in [0.4, 0.5) is 11.4 Å². The quantitative estimate of drug-likeness (QED) is 0.104. The Morgan fingerprint density at radius 2 is 1.41 bits per heavy atom. The number of hydrogen-bond donors (Lipinski definition) is 3. The number of nitrogens with one attached hydrogen (secondary N) is 3. The van der Waals surface area contributed by atoms with Gasteiger partial charge >= 0.3 is 0 Å². The second kappa shape index (κ2) is 15.0. The number of carbonyl (C=O) groups is 3. The van der Waals surface area contributed by atoms with Crippen molar-refractivity contribution in [1.82, 2.24) is 5.32 Å². The average Bonchev–Trinajstić information content (AvgIpc) is 3.09. The van der Waals surface area contributed by atoms with E-state index in [4.69, 9.17) is 9.47 Å². The van der Waals surface area contributed by atoms with Crippen LogP contribution < -0.4 is 25.4 Å². The standard InChI is InChI=1S/C37H33N3O5S/c1-24(35(41)39-30-14-13-25-9-7-8-12-27(25)21-30)46-32-18-15-29(16-19-32)38-37(43)33(40-36(42)26-10-5-4-6-11-26)23-28-22-31(44-2)17-20-34(28)45-3/h4-24H,1-3H3,(H,38,43)(H,39,41)(H,40,42)/b33-23-. The van der Waals surface area contributed by atoms with Crippen molar-refractivity contribution in [2.45, 2.75) is 17.1 Å². The van der Waals surface area contributed by atoms with Crippen molar-refractivity contribution in [3.8, 4) is 11.5 Å². The molecule has 5 aromatic carbocycles. The van der Waals surface area contributed by atoms with Gasteiger partial charge in [0.25, 0.3) is 11.8 Å². The zero-order valence-electron chi connectivity index (χ0n) is 25.6. The summed E-state index contributed by atoms with van der Waals surface area (Å²) in [5.74, 6) is -0.0199. The van der Waals surface area contributed by atoms with Gasteiger partial charge in [-0.15, -0.1) is 11.8 Å². The van der Waals surface area contributed by atoms with Crippen molar-refractivity contribution >= 4 is 57.7 Å². The van der Waals surface area contributed by atoms with Gasteiger partial charge in [-0.3, -0.25) is 14.4 Å². The molecule has 0 radical (unpaired) electrons. The molecule has 8 nitrogen and oxygen atoms in total. The fourth-order valence-corrected chi connectivity index (χ4v) is 5.50. The third kappa shape index (κ3) is 8.13. The minimum Gasteiger partial charge on any atom is -0.497 e.